The number of ether oxygens (including phenoxy) is 1. The van der Waals surface area contributed by atoms with Gasteiger partial charge in [0.1, 0.15) is 17.8 Å². The largest absolute Gasteiger partial charge is 0.497 e. The fourth-order valence-electron chi connectivity index (χ4n) is 7.31. The van der Waals surface area contributed by atoms with Crippen molar-refractivity contribution in [1.29, 1.82) is 0 Å². The molecule has 4 rings (SSSR count). The van der Waals surface area contributed by atoms with Gasteiger partial charge in [0, 0.05) is 42.1 Å². The monoisotopic (exact) mass is 815 g/mol. The third-order valence-electron chi connectivity index (χ3n) is 11.3. The van der Waals surface area contributed by atoms with E-state index in [1.807, 2.05) is 70.2 Å². The number of carbonyl (C=O) groups excluding carboxylic acids is 6. The summed E-state index contributed by atoms with van der Waals surface area (Å²) in [4.78, 5) is 82.3. The van der Waals surface area contributed by atoms with Gasteiger partial charge >= 0.3 is 0 Å². The van der Waals surface area contributed by atoms with Crippen LogP contribution in [0.5, 0.6) is 5.75 Å². The van der Waals surface area contributed by atoms with Crippen LogP contribution in [-0.2, 0) is 41.6 Å². The molecule has 3 aromatic rings. The minimum atomic E-state index is -1.20. The third kappa shape index (κ3) is 12.1. The minimum absolute atomic E-state index is 0.0614. The predicted octanol–water partition coefficient (Wildman–Crippen LogP) is 4.83. The van der Waals surface area contributed by atoms with E-state index < -0.39 is 57.5 Å². The van der Waals surface area contributed by atoms with E-state index in [9.17, 15) is 28.8 Å². The highest BCUT2D eigenvalue weighted by Gasteiger charge is 2.47. The van der Waals surface area contributed by atoms with Gasteiger partial charge < -0.3 is 31.7 Å². The van der Waals surface area contributed by atoms with E-state index in [1.165, 1.54) is 25.6 Å². The Balaban J connectivity index is 1.70. The van der Waals surface area contributed by atoms with Crippen molar-refractivity contribution in [1.82, 2.24) is 21.3 Å². The first-order valence-electron chi connectivity index (χ1n) is 20.0. The molecule has 1 heterocycles. The number of unbranched alkanes of at least 4 members (excludes halogenated alkanes) is 1. The SMILES string of the molecule is COc1ccc(C[C@H](NC(=O)[C@H]2CC(=O)[C@@H](NC(C)=O)C(C)(C)CSC2(C)C)C(=O)N[C@@H](Cc2ccc3ccccc3c2)C(=O)NC(C)(CCCCN)C(C)=O)cc1. The summed E-state index contributed by atoms with van der Waals surface area (Å²) in [6.45, 7) is 12.6. The van der Waals surface area contributed by atoms with Gasteiger partial charge in [-0.05, 0) is 87.5 Å². The van der Waals surface area contributed by atoms with E-state index in [-0.39, 0.29) is 36.7 Å². The molecule has 58 heavy (non-hydrogen) atoms. The molecule has 314 valence electrons. The van der Waals surface area contributed by atoms with Gasteiger partial charge in [-0.1, -0.05) is 68.4 Å². The normalized spacial score (nSPS) is 19.6. The number of Topliss-reactive ketones (excluding diaryl/α,β-unsaturated/α-hetero) is 2. The number of carbonyl (C=O) groups is 6. The maximum Gasteiger partial charge on any atom is 0.243 e. The smallest absolute Gasteiger partial charge is 0.243 e. The zero-order valence-corrected chi connectivity index (χ0v) is 36.0. The predicted molar refractivity (Wildman–Crippen MR) is 229 cm³/mol. The molecule has 1 unspecified atom stereocenters. The molecule has 1 aliphatic rings. The Morgan fingerprint density at radius 1 is 0.862 bits per heavy atom. The highest BCUT2D eigenvalue weighted by molar-refractivity contribution is 8.00. The van der Waals surface area contributed by atoms with Gasteiger partial charge in [0.2, 0.25) is 23.6 Å². The van der Waals surface area contributed by atoms with Crippen molar-refractivity contribution in [3.8, 4) is 5.75 Å². The van der Waals surface area contributed by atoms with Crippen LogP contribution in [0.2, 0.25) is 0 Å². The maximum atomic E-state index is 14.6. The number of benzene rings is 3. The van der Waals surface area contributed by atoms with Gasteiger partial charge in [-0.3, -0.25) is 28.8 Å². The van der Waals surface area contributed by atoms with Crippen LogP contribution in [0.4, 0.5) is 0 Å². The van der Waals surface area contributed by atoms with E-state index in [1.54, 1.807) is 38.3 Å². The molecule has 4 amide bonds. The minimum Gasteiger partial charge on any atom is -0.497 e. The topological polar surface area (TPSA) is 186 Å². The molecule has 0 radical (unpaired) electrons. The molecule has 0 spiro atoms. The van der Waals surface area contributed by atoms with Crippen LogP contribution in [0.1, 0.15) is 85.3 Å². The summed E-state index contributed by atoms with van der Waals surface area (Å²) in [6, 6.07) is 17.6. The zero-order chi connectivity index (χ0) is 42.8. The Labute approximate surface area is 346 Å². The molecule has 1 saturated heterocycles. The number of nitrogens with two attached hydrogens (primary N) is 1. The number of thioether (sulfide) groups is 1. The summed E-state index contributed by atoms with van der Waals surface area (Å²) in [7, 11) is 1.55. The quantitative estimate of drug-likeness (QED) is 0.119. The Hall–Kier alpha value is -4.75. The molecular formula is C45H61N5O7S. The lowest BCUT2D eigenvalue weighted by atomic mass is 9.78. The number of methoxy groups -OCH3 is 1. The van der Waals surface area contributed by atoms with Gasteiger partial charge in [-0.15, -0.1) is 0 Å². The van der Waals surface area contributed by atoms with Crippen LogP contribution in [0.3, 0.4) is 0 Å². The molecule has 1 fully saturated rings. The second-order valence-corrected chi connectivity index (χ2v) is 18.6. The van der Waals surface area contributed by atoms with Crippen molar-refractivity contribution < 1.29 is 33.5 Å². The summed E-state index contributed by atoms with van der Waals surface area (Å²) in [5.74, 6) is -2.24. The average molecular weight is 816 g/mol. The van der Waals surface area contributed by atoms with Crippen LogP contribution < -0.4 is 31.7 Å². The van der Waals surface area contributed by atoms with Crippen molar-refractivity contribution in [2.75, 3.05) is 19.4 Å². The summed E-state index contributed by atoms with van der Waals surface area (Å²) < 4.78 is 4.61. The van der Waals surface area contributed by atoms with Gasteiger partial charge in [-0.2, -0.15) is 11.8 Å². The van der Waals surface area contributed by atoms with Gasteiger partial charge in [0.05, 0.1) is 24.6 Å². The lowest BCUT2D eigenvalue weighted by molar-refractivity contribution is -0.137. The van der Waals surface area contributed by atoms with Crippen LogP contribution in [0.25, 0.3) is 10.8 Å². The second kappa shape index (κ2) is 19.8. The summed E-state index contributed by atoms with van der Waals surface area (Å²) >= 11 is 1.54. The van der Waals surface area contributed by atoms with E-state index >= 15 is 0 Å². The second-order valence-electron chi connectivity index (χ2n) is 16.9. The highest BCUT2D eigenvalue weighted by Crippen LogP contribution is 2.43. The van der Waals surface area contributed by atoms with Crippen LogP contribution in [-0.4, -0.2) is 83.0 Å². The van der Waals surface area contributed by atoms with Gasteiger partial charge in [-0.25, -0.2) is 0 Å². The van der Waals surface area contributed by atoms with Crippen molar-refractivity contribution in [3.05, 3.63) is 77.9 Å². The molecule has 13 heteroatoms. The maximum absolute atomic E-state index is 14.6. The van der Waals surface area contributed by atoms with Crippen molar-refractivity contribution >= 4 is 57.7 Å². The molecule has 0 aliphatic carbocycles. The fourth-order valence-corrected chi connectivity index (χ4v) is 8.62. The van der Waals surface area contributed by atoms with E-state index in [2.05, 4.69) is 21.3 Å². The van der Waals surface area contributed by atoms with E-state index in [0.717, 1.165) is 21.9 Å². The molecule has 12 nitrogen and oxygen atoms in total. The van der Waals surface area contributed by atoms with Crippen molar-refractivity contribution in [2.24, 2.45) is 17.1 Å². The lowest BCUT2D eigenvalue weighted by Crippen LogP contribution is -2.60. The van der Waals surface area contributed by atoms with Crippen molar-refractivity contribution in [3.63, 3.8) is 0 Å². The number of hydrogen-bond acceptors (Lipinski definition) is 9. The van der Waals surface area contributed by atoms with E-state index in [4.69, 9.17) is 10.5 Å². The molecule has 5 atom stereocenters. The summed E-state index contributed by atoms with van der Waals surface area (Å²) in [5.41, 5.74) is 5.45. The Kier molecular flexibility index (Phi) is 15.7. The Morgan fingerprint density at radius 3 is 2.10 bits per heavy atom. The summed E-state index contributed by atoms with van der Waals surface area (Å²) in [5, 5.41) is 13.6. The zero-order valence-electron chi connectivity index (χ0n) is 35.2. The first-order chi connectivity index (χ1) is 27.3. The molecule has 6 N–H and O–H groups in total. The fraction of sp³-hybridized carbons (Fsp3) is 0.511. The Morgan fingerprint density at radius 2 is 1.48 bits per heavy atom. The number of ketones is 2. The molecule has 3 aromatic carbocycles. The van der Waals surface area contributed by atoms with Crippen LogP contribution >= 0.6 is 11.8 Å². The first kappa shape index (κ1) is 45.9. The molecule has 0 aromatic heterocycles. The third-order valence-corrected chi connectivity index (χ3v) is 13.2. The molecule has 0 saturated carbocycles. The van der Waals surface area contributed by atoms with E-state index in [0.29, 0.717) is 37.3 Å². The summed E-state index contributed by atoms with van der Waals surface area (Å²) in [6.07, 6.45) is 1.67. The Bertz CT molecular complexity index is 1970. The standard InChI is InChI=1S/C45H61N5O7S/c1-28(51)45(7,21-11-12-22-46)50-42(56)37(25-31-15-18-32-13-9-10-14-33(32)23-31)49-41(55)36(24-30-16-19-34(57-8)20-17-30)48-40(54)35-26-38(53)39(47-29(2)52)43(3,4)27-58-44(35,5)6/h9-10,13-20,23,35-37,39H,11-12,21-22,24-27,46H2,1-8H3,(H,47,52)(H,48,54)(H,49,55)(H,50,56)/t35-,36+,37+,39-,45?/m1/s1. The number of rotatable bonds is 17. The molecule has 0 bridgehead atoms. The van der Waals surface area contributed by atoms with Crippen LogP contribution in [0.15, 0.2) is 66.7 Å². The average Bonchev–Trinajstić information content (AvgIpc) is 3.17. The number of fused-ring (bicyclic) bond motifs is 1. The van der Waals surface area contributed by atoms with Crippen LogP contribution in [0, 0.1) is 11.3 Å². The first-order valence-corrected chi connectivity index (χ1v) is 21.0. The van der Waals surface area contributed by atoms with Gasteiger partial charge in [0.25, 0.3) is 0 Å². The lowest BCUT2D eigenvalue weighted by Gasteiger charge is -2.42. The van der Waals surface area contributed by atoms with Gasteiger partial charge in [0.15, 0.2) is 11.6 Å². The molecular weight excluding hydrogens is 755 g/mol. The number of nitrogens with one attached hydrogen (secondary N) is 4. The highest BCUT2D eigenvalue weighted by atomic mass is 32.2. The number of amides is 4. The van der Waals surface area contributed by atoms with Crippen molar-refractivity contribution in [2.45, 2.75) is 115 Å². The number of hydrogen-bond donors (Lipinski definition) is 5. The molecule has 1 aliphatic heterocycles.